The molecule has 0 aliphatic carbocycles. The number of thiol groups is 1. The SMILES string of the molecule is NCCCCC(NC(=O)C(CS)NC(=O)C(CC(=O)O)NC(=O)C(N)Cc1c[nH]c2ccccc12)C(=O)O. The lowest BCUT2D eigenvalue weighted by atomic mass is 10.0. The second kappa shape index (κ2) is 15.0. The number of carbonyl (C=O) groups is 5. The van der Waals surface area contributed by atoms with E-state index in [1.54, 1.807) is 6.20 Å². The third-order valence-corrected chi connectivity index (χ3v) is 6.21. The van der Waals surface area contributed by atoms with Gasteiger partial charge in [0.15, 0.2) is 0 Å². The lowest BCUT2D eigenvalue weighted by molar-refractivity contribution is -0.143. The van der Waals surface area contributed by atoms with Crippen LogP contribution in [0.2, 0.25) is 0 Å². The molecule has 208 valence electrons. The Bertz CT molecular complexity index is 1140. The van der Waals surface area contributed by atoms with E-state index in [9.17, 15) is 34.2 Å². The molecule has 0 fully saturated rings. The van der Waals surface area contributed by atoms with Crippen molar-refractivity contribution in [3.05, 3.63) is 36.0 Å². The molecule has 13 nitrogen and oxygen atoms in total. The summed E-state index contributed by atoms with van der Waals surface area (Å²) in [5.41, 5.74) is 13.1. The van der Waals surface area contributed by atoms with Crippen molar-refractivity contribution in [2.24, 2.45) is 11.5 Å². The van der Waals surface area contributed by atoms with Crippen LogP contribution in [0.3, 0.4) is 0 Å². The van der Waals surface area contributed by atoms with Gasteiger partial charge in [-0.1, -0.05) is 18.2 Å². The largest absolute Gasteiger partial charge is 0.481 e. The number of hydrogen-bond donors (Lipinski definition) is 9. The molecular weight excluding hydrogens is 516 g/mol. The quantitative estimate of drug-likeness (QED) is 0.0931. The minimum absolute atomic E-state index is 0.125. The van der Waals surface area contributed by atoms with Gasteiger partial charge in [-0.15, -0.1) is 0 Å². The number of carboxylic acid groups (broad SMARTS) is 2. The Kier molecular flexibility index (Phi) is 12.0. The van der Waals surface area contributed by atoms with Crippen molar-refractivity contribution in [1.82, 2.24) is 20.9 Å². The van der Waals surface area contributed by atoms with E-state index in [0.29, 0.717) is 19.4 Å². The van der Waals surface area contributed by atoms with Gasteiger partial charge < -0.3 is 42.6 Å². The number of aromatic nitrogens is 1. The third-order valence-electron chi connectivity index (χ3n) is 5.84. The van der Waals surface area contributed by atoms with Gasteiger partial charge in [0.05, 0.1) is 12.5 Å². The molecule has 0 bridgehead atoms. The van der Waals surface area contributed by atoms with Crippen molar-refractivity contribution in [2.45, 2.75) is 56.3 Å². The molecule has 4 unspecified atom stereocenters. The summed E-state index contributed by atoms with van der Waals surface area (Å²) in [5.74, 6) is -5.35. The topological polar surface area (TPSA) is 230 Å². The molecule has 0 aliphatic rings. The van der Waals surface area contributed by atoms with Crippen LogP contribution in [0.15, 0.2) is 30.5 Å². The summed E-state index contributed by atoms with van der Waals surface area (Å²) in [4.78, 5) is 64.2. The average molecular weight is 551 g/mol. The van der Waals surface area contributed by atoms with Gasteiger partial charge in [-0.05, 0) is 43.9 Å². The van der Waals surface area contributed by atoms with Crippen LogP contribution < -0.4 is 27.4 Å². The van der Waals surface area contributed by atoms with E-state index in [2.05, 4.69) is 33.6 Å². The lowest BCUT2D eigenvalue weighted by Crippen LogP contribution is -2.58. The molecule has 0 saturated heterocycles. The van der Waals surface area contributed by atoms with Crippen molar-refractivity contribution < 1.29 is 34.2 Å². The summed E-state index contributed by atoms with van der Waals surface area (Å²) in [5, 5.41) is 26.5. The summed E-state index contributed by atoms with van der Waals surface area (Å²) < 4.78 is 0. The molecule has 1 heterocycles. The predicted octanol–water partition coefficient (Wildman–Crippen LogP) is -0.890. The summed E-state index contributed by atoms with van der Waals surface area (Å²) >= 11 is 4.04. The number of aromatic amines is 1. The molecule has 14 heteroatoms. The maximum absolute atomic E-state index is 12.9. The van der Waals surface area contributed by atoms with Crippen molar-refractivity contribution in [1.29, 1.82) is 0 Å². The number of unbranched alkanes of at least 4 members (excludes halogenated alkanes) is 1. The van der Waals surface area contributed by atoms with Crippen LogP contribution in [0.1, 0.15) is 31.2 Å². The number of fused-ring (bicyclic) bond motifs is 1. The van der Waals surface area contributed by atoms with Crippen molar-refractivity contribution in [3.63, 3.8) is 0 Å². The molecule has 4 atom stereocenters. The van der Waals surface area contributed by atoms with E-state index in [1.807, 2.05) is 24.3 Å². The van der Waals surface area contributed by atoms with Crippen LogP contribution in [-0.4, -0.2) is 81.3 Å². The second-order valence-corrected chi connectivity index (χ2v) is 9.12. The van der Waals surface area contributed by atoms with Gasteiger partial charge in [0, 0.05) is 22.9 Å². The number of carbonyl (C=O) groups excluding carboxylic acids is 3. The van der Waals surface area contributed by atoms with Crippen LogP contribution in [0.4, 0.5) is 0 Å². The van der Waals surface area contributed by atoms with Gasteiger partial charge in [0.25, 0.3) is 0 Å². The van der Waals surface area contributed by atoms with E-state index >= 15 is 0 Å². The number of nitrogens with two attached hydrogens (primary N) is 2. The highest BCUT2D eigenvalue weighted by molar-refractivity contribution is 7.80. The summed E-state index contributed by atoms with van der Waals surface area (Å²) in [6.07, 6.45) is 2.25. The molecule has 10 N–H and O–H groups in total. The smallest absolute Gasteiger partial charge is 0.326 e. The summed E-state index contributed by atoms with van der Waals surface area (Å²) in [6.45, 7) is 0.373. The molecular formula is C24H34N6O7S. The number of para-hydroxylation sites is 1. The van der Waals surface area contributed by atoms with E-state index < -0.39 is 60.2 Å². The normalized spacial score (nSPS) is 14.2. The van der Waals surface area contributed by atoms with Crippen molar-refractivity contribution >= 4 is 53.2 Å². The highest BCUT2D eigenvalue weighted by atomic mass is 32.1. The number of hydrogen-bond acceptors (Lipinski definition) is 8. The Morgan fingerprint density at radius 1 is 0.921 bits per heavy atom. The van der Waals surface area contributed by atoms with Crippen LogP contribution in [0.5, 0.6) is 0 Å². The molecule has 0 spiro atoms. The number of rotatable bonds is 16. The fourth-order valence-corrected chi connectivity index (χ4v) is 4.04. The zero-order valence-corrected chi connectivity index (χ0v) is 21.6. The first-order valence-corrected chi connectivity index (χ1v) is 12.7. The third kappa shape index (κ3) is 9.04. The predicted molar refractivity (Wildman–Crippen MR) is 142 cm³/mol. The average Bonchev–Trinajstić information content (AvgIpc) is 3.28. The molecule has 1 aromatic carbocycles. The fraction of sp³-hybridized carbons (Fsp3) is 0.458. The standard InChI is InChI=1S/C24H34N6O7S/c25-8-4-3-7-17(24(36)37)28-23(35)19(12-38)30-22(34)18(10-20(31)32)29-21(33)15(26)9-13-11-27-16-6-2-1-5-14(13)16/h1-2,5-6,11,15,17-19,27,38H,3-4,7-10,12,25-26H2,(H,28,35)(H,29,33)(H,30,34)(H,31,32)(H,36,37). The van der Waals surface area contributed by atoms with Crippen molar-refractivity contribution in [2.75, 3.05) is 12.3 Å². The van der Waals surface area contributed by atoms with Crippen LogP contribution in [-0.2, 0) is 30.4 Å². The number of aliphatic carboxylic acids is 2. The fourth-order valence-electron chi connectivity index (χ4n) is 3.78. The number of nitrogens with one attached hydrogen (secondary N) is 4. The first-order chi connectivity index (χ1) is 18.1. The highest BCUT2D eigenvalue weighted by Crippen LogP contribution is 2.18. The second-order valence-electron chi connectivity index (χ2n) is 8.76. The van der Waals surface area contributed by atoms with Crippen LogP contribution in [0.25, 0.3) is 10.9 Å². The number of amides is 3. The van der Waals surface area contributed by atoms with Crippen LogP contribution in [0, 0.1) is 0 Å². The van der Waals surface area contributed by atoms with E-state index in [-0.39, 0.29) is 18.6 Å². The number of H-pyrrole nitrogens is 1. The molecule has 38 heavy (non-hydrogen) atoms. The Morgan fingerprint density at radius 2 is 1.55 bits per heavy atom. The lowest BCUT2D eigenvalue weighted by Gasteiger charge is -2.24. The highest BCUT2D eigenvalue weighted by Gasteiger charge is 2.31. The summed E-state index contributed by atoms with van der Waals surface area (Å²) in [7, 11) is 0. The monoisotopic (exact) mass is 550 g/mol. The van der Waals surface area contributed by atoms with E-state index in [0.717, 1.165) is 16.5 Å². The Morgan fingerprint density at radius 3 is 2.18 bits per heavy atom. The van der Waals surface area contributed by atoms with Gasteiger partial charge in [0.1, 0.15) is 18.1 Å². The molecule has 1 aromatic heterocycles. The molecule has 2 rings (SSSR count). The summed E-state index contributed by atoms with van der Waals surface area (Å²) in [6, 6.07) is 2.31. The van der Waals surface area contributed by atoms with Gasteiger partial charge in [-0.25, -0.2) is 4.79 Å². The van der Waals surface area contributed by atoms with E-state index in [4.69, 9.17) is 11.5 Å². The molecule has 2 aromatic rings. The minimum atomic E-state index is -1.54. The van der Waals surface area contributed by atoms with Gasteiger partial charge in [-0.2, -0.15) is 12.6 Å². The minimum Gasteiger partial charge on any atom is -0.481 e. The van der Waals surface area contributed by atoms with Gasteiger partial charge in [-0.3, -0.25) is 19.2 Å². The zero-order valence-electron chi connectivity index (χ0n) is 20.7. The zero-order chi connectivity index (χ0) is 28.2. The molecule has 0 radical (unpaired) electrons. The molecule has 0 saturated carbocycles. The Labute approximate surface area is 224 Å². The first-order valence-electron chi connectivity index (χ1n) is 12.0. The van der Waals surface area contributed by atoms with Crippen molar-refractivity contribution in [3.8, 4) is 0 Å². The number of benzene rings is 1. The van der Waals surface area contributed by atoms with Gasteiger partial charge >= 0.3 is 11.9 Å². The Hall–Kier alpha value is -3.62. The maximum Gasteiger partial charge on any atom is 0.326 e. The van der Waals surface area contributed by atoms with E-state index in [1.165, 1.54) is 0 Å². The van der Waals surface area contributed by atoms with Gasteiger partial charge in [0.2, 0.25) is 17.7 Å². The van der Waals surface area contributed by atoms with Crippen LogP contribution >= 0.6 is 12.6 Å². The first kappa shape index (κ1) is 30.6. The molecule has 0 aliphatic heterocycles. The molecule has 3 amide bonds. The number of carboxylic acids is 2. The maximum atomic E-state index is 12.9. The Balaban J connectivity index is 2.04.